The summed E-state index contributed by atoms with van der Waals surface area (Å²) in [5.41, 5.74) is 1.63. The summed E-state index contributed by atoms with van der Waals surface area (Å²) in [4.78, 5) is 9.66. The van der Waals surface area contributed by atoms with Crippen LogP contribution in [0.1, 0.15) is 19.0 Å². The zero-order valence-corrected chi connectivity index (χ0v) is 14.0. The Morgan fingerprint density at radius 1 is 1.35 bits per heavy atom. The van der Waals surface area contributed by atoms with Crippen LogP contribution in [0.25, 0.3) is 0 Å². The second-order valence-electron chi connectivity index (χ2n) is 6.27. The SMILES string of the molecule is Cc1csc(N2CCN(CC3(C)CCNC3)CC2)n1.Cl. The Labute approximate surface area is 132 Å². The summed E-state index contributed by atoms with van der Waals surface area (Å²) in [7, 11) is 0. The molecule has 0 amide bonds. The number of hydrogen-bond acceptors (Lipinski definition) is 5. The number of anilines is 1. The Balaban J connectivity index is 0.00000147. The second-order valence-corrected chi connectivity index (χ2v) is 7.11. The predicted octanol–water partition coefficient (Wildman–Crippen LogP) is 1.99. The van der Waals surface area contributed by atoms with Gasteiger partial charge in [0, 0.05) is 44.6 Å². The number of thiazole rings is 1. The Bertz CT molecular complexity index is 423. The number of aromatic nitrogens is 1. The van der Waals surface area contributed by atoms with Crippen molar-refractivity contribution in [2.45, 2.75) is 20.3 Å². The standard InChI is InChI=1S/C14H24N4S.ClH/c1-12-9-19-13(16-12)18-7-5-17(6-8-18)11-14(2)3-4-15-10-14;/h9,15H,3-8,10-11H2,1-2H3;1H. The minimum absolute atomic E-state index is 0. The molecule has 1 atom stereocenters. The van der Waals surface area contributed by atoms with Gasteiger partial charge in [-0.05, 0) is 25.3 Å². The molecule has 1 aromatic heterocycles. The van der Waals surface area contributed by atoms with Crippen molar-refractivity contribution in [3.8, 4) is 0 Å². The Morgan fingerprint density at radius 3 is 2.65 bits per heavy atom. The van der Waals surface area contributed by atoms with E-state index in [1.807, 2.05) is 0 Å². The van der Waals surface area contributed by atoms with Crippen molar-refractivity contribution in [2.75, 3.05) is 50.7 Å². The van der Waals surface area contributed by atoms with Crippen LogP contribution >= 0.6 is 23.7 Å². The first-order valence-corrected chi connectivity index (χ1v) is 8.13. The van der Waals surface area contributed by atoms with E-state index in [4.69, 9.17) is 0 Å². The molecule has 1 N–H and O–H groups in total. The summed E-state index contributed by atoms with van der Waals surface area (Å²) in [6.45, 7) is 12.7. The maximum atomic E-state index is 4.59. The number of piperazine rings is 1. The van der Waals surface area contributed by atoms with Crippen LogP contribution in [0, 0.1) is 12.3 Å². The number of aryl methyl sites for hydroxylation is 1. The van der Waals surface area contributed by atoms with Crippen LogP contribution in [-0.2, 0) is 0 Å². The van der Waals surface area contributed by atoms with Gasteiger partial charge in [0.15, 0.2) is 5.13 Å². The Kier molecular flexibility index (Phi) is 5.29. The van der Waals surface area contributed by atoms with Gasteiger partial charge in [-0.1, -0.05) is 6.92 Å². The monoisotopic (exact) mass is 316 g/mol. The van der Waals surface area contributed by atoms with Gasteiger partial charge in [0.05, 0.1) is 5.69 Å². The number of nitrogens with zero attached hydrogens (tertiary/aromatic N) is 3. The fourth-order valence-electron chi connectivity index (χ4n) is 3.13. The van der Waals surface area contributed by atoms with E-state index < -0.39 is 0 Å². The maximum absolute atomic E-state index is 4.59. The van der Waals surface area contributed by atoms with E-state index in [2.05, 4.69) is 39.3 Å². The number of rotatable bonds is 3. The third-order valence-corrected chi connectivity index (χ3v) is 5.33. The lowest BCUT2D eigenvalue weighted by atomic mass is 9.89. The molecule has 3 rings (SSSR count). The lowest BCUT2D eigenvalue weighted by Gasteiger charge is -2.38. The van der Waals surface area contributed by atoms with Crippen molar-refractivity contribution in [1.29, 1.82) is 0 Å². The van der Waals surface area contributed by atoms with E-state index in [9.17, 15) is 0 Å². The van der Waals surface area contributed by atoms with Crippen LogP contribution < -0.4 is 10.2 Å². The van der Waals surface area contributed by atoms with E-state index in [1.54, 1.807) is 11.3 Å². The van der Waals surface area contributed by atoms with E-state index in [0.29, 0.717) is 5.41 Å². The molecule has 1 unspecified atom stereocenters. The van der Waals surface area contributed by atoms with Crippen LogP contribution in [0.3, 0.4) is 0 Å². The zero-order valence-electron chi connectivity index (χ0n) is 12.4. The van der Waals surface area contributed by atoms with Crippen LogP contribution in [0.5, 0.6) is 0 Å². The first-order chi connectivity index (χ1) is 9.15. The van der Waals surface area contributed by atoms with Gasteiger partial charge in [0.1, 0.15) is 0 Å². The molecule has 2 aliphatic rings. The Hall–Kier alpha value is -0.360. The molecule has 0 aliphatic carbocycles. The number of halogens is 1. The van der Waals surface area contributed by atoms with E-state index >= 15 is 0 Å². The lowest BCUT2D eigenvalue weighted by Crippen LogP contribution is -2.49. The molecule has 0 bridgehead atoms. The smallest absolute Gasteiger partial charge is 0.185 e. The normalized spacial score (nSPS) is 27.6. The molecule has 4 nitrogen and oxygen atoms in total. The van der Waals surface area contributed by atoms with Crippen molar-refractivity contribution in [2.24, 2.45) is 5.41 Å². The van der Waals surface area contributed by atoms with Crippen molar-refractivity contribution >= 4 is 28.9 Å². The minimum atomic E-state index is 0. The molecule has 0 radical (unpaired) electrons. The summed E-state index contributed by atoms with van der Waals surface area (Å²) >= 11 is 1.78. The van der Waals surface area contributed by atoms with E-state index in [0.717, 1.165) is 18.8 Å². The van der Waals surface area contributed by atoms with Crippen LogP contribution in [0.2, 0.25) is 0 Å². The highest BCUT2D eigenvalue weighted by Crippen LogP contribution is 2.27. The van der Waals surface area contributed by atoms with Crippen LogP contribution in [0.15, 0.2) is 5.38 Å². The average molecular weight is 317 g/mol. The largest absolute Gasteiger partial charge is 0.346 e. The topological polar surface area (TPSA) is 31.4 Å². The van der Waals surface area contributed by atoms with Crippen molar-refractivity contribution < 1.29 is 0 Å². The summed E-state index contributed by atoms with van der Waals surface area (Å²) in [5, 5.41) is 6.84. The Morgan fingerprint density at radius 2 is 2.10 bits per heavy atom. The van der Waals surface area contributed by atoms with Crippen LogP contribution in [0.4, 0.5) is 5.13 Å². The molecule has 20 heavy (non-hydrogen) atoms. The van der Waals surface area contributed by atoms with Gasteiger partial charge in [-0.15, -0.1) is 23.7 Å². The maximum Gasteiger partial charge on any atom is 0.185 e. The van der Waals surface area contributed by atoms with Gasteiger partial charge in [-0.3, -0.25) is 4.90 Å². The second kappa shape index (κ2) is 6.60. The van der Waals surface area contributed by atoms with Gasteiger partial charge in [-0.2, -0.15) is 0 Å². The van der Waals surface area contributed by atoms with Gasteiger partial charge in [0.25, 0.3) is 0 Å². The average Bonchev–Trinajstić information content (AvgIpc) is 3.00. The first-order valence-electron chi connectivity index (χ1n) is 7.25. The molecule has 2 saturated heterocycles. The molecule has 114 valence electrons. The van der Waals surface area contributed by atoms with Gasteiger partial charge in [0.2, 0.25) is 0 Å². The molecule has 2 aliphatic heterocycles. The molecule has 1 aromatic rings. The highest BCUT2D eigenvalue weighted by atomic mass is 35.5. The summed E-state index contributed by atoms with van der Waals surface area (Å²) in [6, 6.07) is 0. The fraction of sp³-hybridized carbons (Fsp3) is 0.786. The molecule has 2 fully saturated rings. The fourth-order valence-corrected chi connectivity index (χ4v) is 3.98. The molecule has 6 heteroatoms. The number of nitrogens with one attached hydrogen (secondary N) is 1. The quantitative estimate of drug-likeness (QED) is 0.924. The van der Waals surface area contributed by atoms with Crippen LogP contribution in [-0.4, -0.2) is 55.7 Å². The van der Waals surface area contributed by atoms with Crippen molar-refractivity contribution in [3.05, 3.63) is 11.1 Å². The lowest BCUT2D eigenvalue weighted by molar-refractivity contribution is 0.169. The first kappa shape index (κ1) is 16.0. The van der Waals surface area contributed by atoms with E-state index in [-0.39, 0.29) is 12.4 Å². The van der Waals surface area contributed by atoms with E-state index in [1.165, 1.54) is 44.3 Å². The third-order valence-electron chi connectivity index (χ3n) is 4.31. The van der Waals surface area contributed by atoms with Crippen molar-refractivity contribution in [1.82, 2.24) is 15.2 Å². The van der Waals surface area contributed by atoms with Gasteiger partial charge < -0.3 is 10.2 Å². The van der Waals surface area contributed by atoms with Gasteiger partial charge in [-0.25, -0.2) is 4.98 Å². The molecule has 3 heterocycles. The minimum Gasteiger partial charge on any atom is -0.346 e. The van der Waals surface area contributed by atoms with Crippen molar-refractivity contribution in [3.63, 3.8) is 0 Å². The predicted molar refractivity (Wildman–Crippen MR) is 88.3 cm³/mol. The molecule has 0 aromatic carbocycles. The van der Waals surface area contributed by atoms with Gasteiger partial charge >= 0.3 is 0 Å². The number of hydrogen-bond donors (Lipinski definition) is 1. The molecular weight excluding hydrogens is 292 g/mol. The summed E-state index contributed by atoms with van der Waals surface area (Å²) < 4.78 is 0. The highest BCUT2D eigenvalue weighted by Gasteiger charge is 2.31. The summed E-state index contributed by atoms with van der Waals surface area (Å²) in [6.07, 6.45) is 1.32. The summed E-state index contributed by atoms with van der Waals surface area (Å²) in [5.74, 6) is 0. The molecule has 0 saturated carbocycles. The molecule has 0 spiro atoms. The molecular formula is C14H25ClN4S. The highest BCUT2D eigenvalue weighted by molar-refractivity contribution is 7.13. The zero-order chi connectivity index (χ0) is 13.3. The third kappa shape index (κ3) is 3.64.